The van der Waals surface area contributed by atoms with Gasteiger partial charge in [-0.3, -0.25) is 0 Å². The van der Waals surface area contributed by atoms with Crippen molar-refractivity contribution in [3.8, 4) is 0 Å². The summed E-state index contributed by atoms with van der Waals surface area (Å²) in [5.41, 5.74) is 6.98. The first-order chi connectivity index (χ1) is 15.6. The molecular weight excluding hydrogens is 428 g/mol. The van der Waals surface area contributed by atoms with Crippen molar-refractivity contribution in [2.24, 2.45) is 7.05 Å². The lowest BCUT2D eigenvalue weighted by Crippen LogP contribution is -2.34. The highest BCUT2D eigenvalue weighted by atomic mass is 32.2. The zero-order valence-electron chi connectivity index (χ0n) is 20.1. The van der Waals surface area contributed by atoms with Crippen molar-refractivity contribution in [2.45, 2.75) is 62.3 Å². The molecule has 3 aromatic rings. The largest absolute Gasteiger partial charge is 0.478 e. The lowest BCUT2D eigenvalue weighted by molar-refractivity contribution is 0.0697. The number of rotatable bonds is 6. The van der Waals surface area contributed by atoms with Crippen LogP contribution in [-0.4, -0.2) is 20.6 Å². The van der Waals surface area contributed by atoms with Crippen molar-refractivity contribution >= 4 is 29.9 Å². The van der Waals surface area contributed by atoms with Crippen LogP contribution in [-0.2, 0) is 23.6 Å². The summed E-state index contributed by atoms with van der Waals surface area (Å²) in [7, 11) is 2.02. The number of nitrogens with zero attached hydrogens (tertiary/aromatic N) is 2. The van der Waals surface area contributed by atoms with Crippen molar-refractivity contribution in [2.75, 3.05) is 0 Å². The Bertz CT molecular complexity index is 1200. The minimum absolute atomic E-state index is 0.141. The molecule has 0 saturated heterocycles. The summed E-state index contributed by atoms with van der Waals surface area (Å²) in [4.78, 5) is 15.6. The first-order valence-corrected chi connectivity index (χ1v) is 12.3. The SMILES string of the molecule is Cn1ccnc1SCc1cc2c(cc1/C=C/c1ccc(C(=O)O)cc1)C(C)(C)CCC2(C)C. The highest BCUT2D eigenvalue weighted by molar-refractivity contribution is 7.98. The van der Waals surface area contributed by atoms with E-state index >= 15 is 0 Å². The summed E-state index contributed by atoms with van der Waals surface area (Å²) >= 11 is 1.75. The Labute approximate surface area is 200 Å². The second kappa shape index (κ2) is 8.86. The van der Waals surface area contributed by atoms with E-state index in [-0.39, 0.29) is 10.8 Å². The van der Waals surface area contributed by atoms with Gasteiger partial charge in [0.15, 0.2) is 5.16 Å². The van der Waals surface area contributed by atoms with Gasteiger partial charge in [-0.1, -0.05) is 75.9 Å². The molecule has 0 amide bonds. The molecule has 4 rings (SSSR count). The van der Waals surface area contributed by atoms with Gasteiger partial charge in [-0.2, -0.15) is 0 Å². The molecule has 1 N–H and O–H groups in total. The molecule has 0 saturated carbocycles. The van der Waals surface area contributed by atoms with E-state index in [4.69, 9.17) is 5.11 Å². The van der Waals surface area contributed by atoms with Crippen LogP contribution in [0.25, 0.3) is 12.2 Å². The number of carboxylic acid groups (broad SMARTS) is 1. The molecular formula is C28H32N2O2S. The molecule has 0 fully saturated rings. The lowest BCUT2D eigenvalue weighted by atomic mass is 9.62. The third-order valence-electron chi connectivity index (χ3n) is 6.86. The number of aryl methyl sites for hydroxylation is 1. The molecule has 0 radical (unpaired) electrons. The van der Waals surface area contributed by atoms with Crippen molar-refractivity contribution < 1.29 is 9.90 Å². The number of thioether (sulfide) groups is 1. The van der Waals surface area contributed by atoms with E-state index < -0.39 is 5.97 Å². The van der Waals surface area contributed by atoms with E-state index in [1.54, 1.807) is 23.9 Å². The lowest BCUT2D eigenvalue weighted by Gasteiger charge is -2.42. The number of carbonyl (C=O) groups is 1. The van der Waals surface area contributed by atoms with Crippen molar-refractivity contribution in [1.29, 1.82) is 0 Å². The van der Waals surface area contributed by atoms with Gasteiger partial charge >= 0.3 is 5.97 Å². The zero-order chi connectivity index (χ0) is 23.8. The van der Waals surface area contributed by atoms with Crippen LogP contribution in [0.1, 0.15) is 78.7 Å². The highest BCUT2D eigenvalue weighted by Crippen LogP contribution is 2.47. The van der Waals surface area contributed by atoms with Crippen LogP contribution in [0.4, 0.5) is 0 Å². The van der Waals surface area contributed by atoms with Gasteiger partial charge < -0.3 is 9.67 Å². The minimum Gasteiger partial charge on any atom is -0.478 e. The van der Waals surface area contributed by atoms with Gasteiger partial charge in [0.2, 0.25) is 0 Å². The molecule has 0 aliphatic heterocycles. The molecule has 33 heavy (non-hydrogen) atoms. The number of fused-ring (bicyclic) bond motifs is 1. The van der Waals surface area contributed by atoms with Crippen LogP contribution in [0.2, 0.25) is 0 Å². The van der Waals surface area contributed by atoms with Gasteiger partial charge in [0.05, 0.1) is 5.56 Å². The number of benzene rings is 2. The summed E-state index contributed by atoms with van der Waals surface area (Å²) in [6, 6.07) is 11.8. The predicted molar refractivity (Wildman–Crippen MR) is 137 cm³/mol. The van der Waals surface area contributed by atoms with Crippen LogP contribution in [0, 0.1) is 0 Å². The van der Waals surface area contributed by atoms with Crippen LogP contribution in [0.5, 0.6) is 0 Å². The zero-order valence-corrected chi connectivity index (χ0v) is 20.9. The Morgan fingerprint density at radius 2 is 1.70 bits per heavy atom. The Morgan fingerprint density at radius 1 is 1.06 bits per heavy atom. The maximum atomic E-state index is 11.2. The molecule has 4 nitrogen and oxygen atoms in total. The maximum absolute atomic E-state index is 11.2. The number of aromatic nitrogens is 2. The molecule has 5 heteroatoms. The first-order valence-electron chi connectivity index (χ1n) is 11.4. The van der Waals surface area contributed by atoms with E-state index in [1.807, 2.05) is 31.6 Å². The average Bonchev–Trinajstić information content (AvgIpc) is 3.19. The van der Waals surface area contributed by atoms with Gasteiger partial charge in [0.25, 0.3) is 0 Å². The monoisotopic (exact) mass is 460 g/mol. The Hall–Kier alpha value is -2.79. The van der Waals surface area contributed by atoms with Crippen molar-refractivity contribution in [3.63, 3.8) is 0 Å². The first kappa shape index (κ1) is 23.4. The highest BCUT2D eigenvalue weighted by Gasteiger charge is 2.37. The smallest absolute Gasteiger partial charge is 0.335 e. The topological polar surface area (TPSA) is 55.1 Å². The van der Waals surface area contributed by atoms with Gasteiger partial charge in [-0.15, -0.1) is 0 Å². The Kier molecular flexibility index (Phi) is 6.28. The normalized spacial score (nSPS) is 16.6. The molecule has 1 aliphatic carbocycles. The van der Waals surface area contributed by atoms with Gasteiger partial charge in [0.1, 0.15) is 0 Å². The average molecular weight is 461 g/mol. The van der Waals surface area contributed by atoms with Crippen LogP contribution < -0.4 is 0 Å². The Balaban J connectivity index is 1.74. The molecule has 1 aromatic heterocycles. The van der Waals surface area contributed by atoms with E-state index in [2.05, 4.69) is 61.5 Å². The number of aromatic carboxylic acids is 1. The van der Waals surface area contributed by atoms with E-state index in [1.165, 1.54) is 35.1 Å². The van der Waals surface area contributed by atoms with Crippen LogP contribution in [0.15, 0.2) is 53.9 Å². The summed E-state index contributed by atoms with van der Waals surface area (Å²) in [6.07, 6.45) is 10.4. The second-order valence-corrected chi connectivity index (χ2v) is 11.2. The molecule has 0 bridgehead atoms. The quantitative estimate of drug-likeness (QED) is 0.320. The fourth-order valence-electron chi connectivity index (χ4n) is 4.51. The molecule has 0 spiro atoms. The summed E-state index contributed by atoms with van der Waals surface area (Å²) < 4.78 is 2.05. The number of carboxylic acids is 1. The van der Waals surface area contributed by atoms with Crippen molar-refractivity contribution in [1.82, 2.24) is 9.55 Å². The van der Waals surface area contributed by atoms with E-state index in [0.29, 0.717) is 5.56 Å². The number of imidazole rings is 1. The Morgan fingerprint density at radius 3 is 2.27 bits per heavy atom. The molecule has 1 aliphatic rings. The van der Waals surface area contributed by atoms with E-state index in [0.717, 1.165) is 16.5 Å². The van der Waals surface area contributed by atoms with Gasteiger partial charge in [-0.05, 0) is 63.6 Å². The third-order valence-corrected chi connectivity index (χ3v) is 7.97. The summed E-state index contributed by atoms with van der Waals surface area (Å²) in [5, 5.41) is 10.2. The number of hydrogen-bond acceptors (Lipinski definition) is 3. The fraction of sp³-hybridized carbons (Fsp3) is 0.357. The molecule has 0 unspecified atom stereocenters. The van der Waals surface area contributed by atoms with Gasteiger partial charge in [-0.25, -0.2) is 9.78 Å². The molecule has 0 atom stereocenters. The molecule has 172 valence electrons. The van der Waals surface area contributed by atoms with Crippen LogP contribution in [0.3, 0.4) is 0 Å². The minimum atomic E-state index is -0.904. The summed E-state index contributed by atoms with van der Waals surface area (Å²) in [6.45, 7) is 9.41. The predicted octanol–water partition coefficient (Wildman–Crippen LogP) is 6.93. The fourth-order valence-corrected chi connectivity index (χ4v) is 5.45. The molecule has 2 aromatic carbocycles. The molecule has 1 heterocycles. The van der Waals surface area contributed by atoms with Crippen LogP contribution >= 0.6 is 11.8 Å². The van der Waals surface area contributed by atoms with Crippen molar-refractivity contribution in [3.05, 3.63) is 82.2 Å². The second-order valence-electron chi connectivity index (χ2n) is 10.2. The summed E-state index contributed by atoms with van der Waals surface area (Å²) in [5.74, 6) is -0.0645. The standard InChI is InChI=1S/C28H32N2O2S/c1-27(2)12-13-28(3,4)24-17-22(18-33-26-29-14-15-30(26)5)21(16-23(24)27)11-8-19-6-9-20(10-7-19)25(31)32/h6-11,14-17H,12-13,18H2,1-5H3,(H,31,32)/b11-8+. The number of hydrogen-bond donors (Lipinski definition) is 1. The third kappa shape index (κ3) is 4.93. The van der Waals surface area contributed by atoms with E-state index in [9.17, 15) is 4.79 Å². The maximum Gasteiger partial charge on any atom is 0.335 e. The van der Waals surface area contributed by atoms with Gasteiger partial charge in [0, 0.05) is 25.2 Å².